The summed E-state index contributed by atoms with van der Waals surface area (Å²) >= 11 is 0. The smallest absolute Gasteiger partial charge is 0.224 e. The molecule has 0 radical (unpaired) electrons. The van der Waals surface area contributed by atoms with Crippen molar-refractivity contribution >= 4 is 34.9 Å². The predicted molar refractivity (Wildman–Crippen MR) is 99.0 cm³/mol. The van der Waals surface area contributed by atoms with E-state index in [2.05, 4.69) is 26.3 Å². The third-order valence-corrected chi connectivity index (χ3v) is 4.63. The van der Waals surface area contributed by atoms with Crippen LogP contribution in [0.2, 0.25) is 0 Å². The van der Waals surface area contributed by atoms with Crippen molar-refractivity contribution in [3.8, 4) is 0 Å². The number of carbonyl (C=O) groups excluding carboxylic acids is 2. The quantitative estimate of drug-likeness (QED) is 0.454. The maximum Gasteiger partial charge on any atom is 0.224 e. The minimum atomic E-state index is -1.37. The third kappa shape index (κ3) is 5.41. The number of hydrogen-bond donors (Lipinski definition) is 3. The van der Waals surface area contributed by atoms with Gasteiger partial charge in [-0.05, 0) is 32.1 Å². The largest absolute Gasteiger partial charge is 0.550 e. The molecule has 2 aliphatic rings. The standard InChI is InChI=1S/C14H18N6O.C4H6O4/c15-14-18-12(17-9-2-3-9)11-13(19-14)20(7-16-11)10-4-1-8(5-10)6-21;5-3(6)1-2-4(7)8/h1,4,7-10,21H,2-3,5-6H2,(H3,15,17,18,19);1-2H2,(H,5,6)(H,7,8)/p-2/t8-,10+;/m1./s1. The third-order valence-electron chi connectivity index (χ3n) is 4.63. The lowest BCUT2D eigenvalue weighted by Crippen LogP contribution is -2.27. The minimum absolute atomic E-state index is 0.162. The molecule has 0 aromatic carbocycles. The van der Waals surface area contributed by atoms with Crippen molar-refractivity contribution in [3.63, 3.8) is 0 Å². The van der Waals surface area contributed by atoms with Crippen LogP contribution in [0.15, 0.2) is 18.5 Å². The van der Waals surface area contributed by atoms with Gasteiger partial charge in [-0.1, -0.05) is 12.2 Å². The average molecular weight is 402 g/mol. The lowest BCUT2D eigenvalue weighted by Gasteiger charge is -2.13. The number of imidazole rings is 1. The fraction of sp³-hybridized carbons (Fsp3) is 0.500. The fourth-order valence-corrected chi connectivity index (χ4v) is 3.00. The highest BCUT2D eigenvalue weighted by Crippen LogP contribution is 2.32. The van der Waals surface area contributed by atoms with E-state index in [1.165, 1.54) is 0 Å². The van der Waals surface area contributed by atoms with Gasteiger partial charge in [-0.15, -0.1) is 0 Å². The SMILES string of the molecule is Nc1nc(NC2CC2)c2ncn([C@H]3C=C[C@@H](CO)C3)c2n1.O=C([O-])CCC(=O)[O-]. The van der Waals surface area contributed by atoms with Gasteiger partial charge in [-0.2, -0.15) is 9.97 Å². The summed E-state index contributed by atoms with van der Waals surface area (Å²) in [5.41, 5.74) is 7.35. The Bertz CT molecular complexity index is 909. The number of nitrogens with one attached hydrogen (secondary N) is 1. The topological polar surface area (TPSA) is 182 Å². The molecule has 0 aliphatic heterocycles. The zero-order chi connectivity index (χ0) is 21.0. The van der Waals surface area contributed by atoms with Crippen LogP contribution >= 0.6 is 0 Å². The molecular formula is C18H22N6O5-2. The number of rotatable bonds is 7. The maximum atomic E-state index is 9.50. The van der Waals surface area contributed by atoms with E-state index in [4.69, 9.17) is 5.73 Å². The molecule has 0 unspecified atom stereocenters. The molecule has 0 amide bonds. The van der Waals surface area contributed by atoms with Gasteiger partial charge in [0.05, 0.1) is 12.4 Å². The minimum Gasteiger partial charge on any atom is -0.550 e. The van der Waals surface area contributed by atoms with Crippen LogP contribution in [0, 0.1) is 5.92 Å². The van der Waals surface area contributed by atoms with Crippen molar-refractivity contribution in [1.82, 2.24) is 19.5 Å². The van der Waals surface area contributed by atoms with Crippen molar-refractivity contribution in [1.29, 1.82) is 0 Å². The zero-order valence-corrected chi connectivity index (χ0v) is 15.7. The predicted octanol–water partition coefficient (Wildman–Crippen LogP) is -1.64. The lowest BCUT2D eigenvalue weighted by molar-refractivity contribution is -0.315. The second-order valence-electron chi connectivity index (χ2n) is 7.05. The van der Waals surface area contributed by atoms with Gasteiger partial charge in [0, 0.05) is 30.5 Å². The van der Waals surface area contributed by atoms with Crippen LogP contribution in [0.25, 0.3) is 11.2 Å². The summed E-state index contributed by atoms with van der Waals surface area (Å²) in [7, 11) is 0. The van der Waals surface area contributed by atoms with Crippen molar-refractivity contribution < 1.29 is 24.9 Å². The molecule has 0 bridgehead atoms. The molecule has 2 heterocycles. The summed E-state index contributed by atoms with van der Waals surface area (Å²) in [4.78, 5) is 32.1. The number of aliphatic hydroxyl groups is 1. The monoisotopic (exact) mass is 402 g/mol. The highest BCUT2D eigenvalue weighted by Gasteiger charge is 2.26. The van der Waals surface area contributed by atoms with E-state index >= 15 is 0 Å². The number of aliphatic carboxylic acids is 2. The van der Waals surface area contributed by atoms with E-state index in [1.807, 2.05) is 10.6 Å². The van der Waals surface area contributed by atoms with Gasteiger partial charge in [0.25, 0.3) is 0 Å². The summed E-state index contributed by atoms with van der Waals surface area (Å²) in [6.07, 6.45) is 8.16. The molecule has 1 saturated carbocycles. The molecular weight excluding hydrogens is 380 g/mol. The van der Waals surface area contributed by atoms with E-state index in [-0.39, 0.29) is 24.5 Å². The highest BCUT2D eigenvalue weighted by molar-refractivity contribution is 5.84. The van der Waals surface area contributed by atoms with Gasteiger partial charge in [0.1, 0.15) is 0 Å². The Balaban J connectivity index is 0.000000258. The average Bonchev–Trinajstić information content (AvgIpc) is 3.18. The number of carbonyl (C=O) groups is 2. The summed E-state index contributed by atoms with van der Waals surface area (Å²) in [6, 6.07) is 0.646. The molecule has 0 saturated heterocycles. The number of fused-ring (bicyclic) bond motifs is 1. The van der Waals surface area contributed by atoms with Crippen molar-refractivity contribution in [2.75, 3.05) is 17.7 Å². The van der Waals surface area contributed by atoms with Crippen LogP contribution in [-0.2, 0) is 9.59 Å². The number of aliphatic hydroxyl groups excluding tert-OH is 1. The van der Waals surface area contributed by atoms with Crippen LogP contribution in [0.3, 0.4) is 0 Å². The van der Waals surface area contributed by atoms with Gasteiger partial charge in [-0.25, -0.2) is 4.98 Å². The molecule has 1 fully saturated rings. The molecule has 156 valence electrons. The summed E-state index contributed by atoms with van der Waals surface area (Å²) < 4.78 is 2.01. The van der Waals surface area contributed by atoms with E-state index in [0.29, 0.717) is 6.04 Å². The fourth-order valence-electron chi connectivity index (χ4n) is 3.00. The number of nitrogens with two attached hydrogens (primary N) is 1. The van der Waals surface area contributed by atoms with Crippen LogP contribution in [-0.4, -0.2) is 49.2 Å². The first-order chi connectivity index (χ1) is 13.9. The number of hydrogen-bond acceptors (Lipinski definition) is 10. The van der Waals surface area contributed by atoms with E-state index in [1.54, 1.807) is 6.33 Å². The molecule has 29 heavy (non-hydrogen) atoms. The number of anilines is 2. The molecule has 2 aromatic heterocycles. The molecule has 2 aliphatic carbocycles. The van der Waals surface area contributed by atoms with Gasteiger partial charge in [0.2, 0.25) is 5.95 Å². The molecule has 2 atom stereocenters. The Morgan fingerprint density at radius 1 is 1.21 bits per heavy atom. The molecule has 0 spiro atoms. The summed E-state index contributed by atoms with van der Waals surface area (Å²) in [5, 5.41) is 31.6. The molecule has 2 aromatic rings. The van der Waals surface area contributed by atoms with Crippen LogP contribution in [0.4, 0.5) is 11.8 Å². The number of nitrogens with zero attached hydrogens (tertiary/aromatic N) is 4. The Hall–Kier alpha value is -3.21. The normalized spacial score (nSPS) is 20.3. The second-order valence-corrected chi connectivity index (χ2v) is 7.05. The first-order valence-corrected chi connectivity index (χ1v) is 9.32. The van der Waals surface area contributed by atoms with E-state index in [0.717, 1.165) is 36.2 Å². The summed E-state index contributed by atoms with van der Waals surface area (Å²) in [5.74, 6) is -1.55. The first kappa shape index (κ1) is 20.5. The van der Waals surface area contributed by atoms with Crippen LogP contribution in [0.1, 0.15) is 38.1 Å². The molecule has 11 heteroatoms. The Morgan fingerprint density at radius 2 is 1.90 bits per heavy atom. The van der Waals surface area contributed by atoms with E-state index < -0.39 is 24.8 Å². The first-order valence-electron chi connectivity index (χ1n) is 9.32. The lowest BCUT2D eigenvalue weighted by atomic mass is 10.1. The number of carboxylic acid groups (broad SMARTS) is 2. The molecule has 4 N–H and O–H groups in total. The Kier molecular flexibility index (Phi) is 6.27. The van der Waals surface area contributed by atoms with Crippen molar-refractivity contribution in [2.24, 2.45) is 5.92 Å². The van der Waals surface area contributed by atoms with Crippen LogP contribution < -0.4 is 21.3 Å². The second kappa shape index (κ2) is 8.86. The number of nitrogen functional groups attached to an aromatic ring is 1. The number of aromatic nitrogens is 4. The Labute approximate surface area is 166 Å². The van der Waals surface area contributed by atoms with Gasteiger partial charge >= 0.3 is 0 Å². The summed E-state index contributed by atoms with van der Waals surface area (Å²) in [6.45, 7) is 0.172. The highest BCUT2D eigenvalue weighted by atomic mass is 16.4. The zero-order valence-electron chi connectivity index (χ0n) is 15.7. The van der Waals surface area contributed by atoms with Gasteiger partial charge in [-0.3, -0.25) is 0 Å². The van der Waals surface area contributed by atoms with Gasteiger partial charge < -0.3 is 40.5 Å². The van der Waals surface area contributed by atoms with Crippen molar-refractivity contribution in [2.45, 2.75) is 44.2 Å². The van der Waals surface area contributed by atoms with Crippen LogP contribution in [0.5, 0.6) is 0 Å². The maximum absolute atomic E-state index is 9.50. The van der Waals surface area contributed by atoms with Crippen molar-refractivity contribution in [3.05, 3.63) is 18.5 Å². The molecule has 4 rings (SSSR count). The number of allylic oxidation sites excluding steroid dienone is 1. The Morgan fingerprint density at radius 3 is 2.45 bits per heavy atom. The number of carboxylic acids is 2. The molecule has 11 nitrogen and oxygen atoms in total. The van der Waals surface area contributed by atoms with E-state index in [9.17, 15) is 24.9 Å². The van der Waals surface area contributed by atoms with Gasteiger partial charge in [0.15, 0.2) is 17.0 Å².